The first-order valence-electron chi connectivity index (χ1n) is 5.31. The Hall–Kier alpha value is -1.16. The highest BCUT2D eigenvalue weighted by molar-refractivity contribution is 5.06. The molecule has 0 radical (unpaired) electrons. The summed E-state index contributed by atoms with van der Waals surface area (Å²) in [5.74, 6) is 0. The van der Waals surface area contributed by atoms with Crippen LogP contribution >= 0.6 is 0 Å². The van der Waals surface area contributed by atoms with Crippen molar-refractivity contribution in [1.29, 1.82) is 0 Å². The van der Waals surface area contributed by atoms with E-state index in [9.17, 15) is 4.79 Å². The average molecular weight is 209 g/mol. The first-order valence-corrected chi connectivity index (χ1v) is 5.31. The van der Waals surface area contributed by atoms with Crippen LogP contribution in [0.3, 0.4) is 0 Å². The van der Waals surface area contributed by atoms with Gasteiger partial charge >= 0.3 is 5.69 Å². The van der Waals surface area contributed by atoms with Gasteiger partial charge in [0.25, 0.3) is 0 Å². The largest absolute Gasteiger partial charge is 0.347 e. The Morgan fingerprint density at radius 2 is 2.20 bits per heavy atom. The summed E-state index contributed by atoms with van der Waals surface area (Å²) in [5.41, 5.74) is 7.25. The number of aryl methyl sites for hydroxylation is 2. The van der Waals surface area contributed by atoms with Gasteiger partial charge < -0.3 is 5.73 Å². The number of nitrogens with two attached hydrogens (primary N) is 1. The fourth-order valence-electron chi connectivity index (χ4n) is 1.62. The second-order valence-electron chi connectivity index (χ2n) is 4.09. The Kier molecular flexibility index (Phi) is 4.03. The molecule has 0 fully saturated rings. The van der Waals surface area contributed by atoms with Crippen LogP contribution in [0, 0.1) is 13.8 Å². The normalized spacial score (nSPS) is 12.8. The van der Waals surface area contributed by atoms with Gasteiger partial charge in [-0.25, -0.2) is 4.79 Å². The van der Waals surface area contributed by atoms with Crippen LogP contribution in [0.15, 0.2) is 10.9 Å². The van der Waals surface area contributed by atoms with Crippen molar-refractivity contribution in [2.24, 2.45) is 5.73 Å². The van der Waals surface area contributed by atoms with Crippen LogP contribution in [0.2, 0.25) is 0 Å². The van der Waals surface area contributed by atoms with Crippen LogP contribution in [-0.4, -0.2) is 15.6 Å². The third-order valence-electron chi connectivity index (χ3n) is 2.39. The smallest absolute Gasteiger partial charge is 0.328 e. The highest BCUT2D eigenvalue weighted by Crippen LogP contribution is 2.01. The lowest BCUT2D eigenvalue weighted by molar-refractivity contribution is 0.532. The second-order valence-corrected chi connectivity index (χ2v) is 4.09. The molecule has 1 unspecified atom stereocenters. The summed E-state index contributed by atoms with van der Waals surface area (Å²) in [6.45, 7) is 6.45. The molecule has 0 bridgehead atoms. The lowest BCUT2D eigenvalue weighted by atomic mass is 10.2. The minimum absolute atomic E-state index is 0.155. The average Bonchev–Trinajstić information content (AvgIpc) is 2.08. The van der Waals surface area contributed by atoms with Crippen molar-refractivity contribution < 1.29 is 0 Å². The van der Waals surface area contributed by atoms with E-state index in [0.29, 0.717) is 6.54 Å². The van der Waals surface area contributed by atoms with E-state index < -0.39 is 0 Å². The number of hydrogen-bond donors (Lipinski definition) is 1. The third kappa shape index (κ3) is 3.47. The topological polar surface area (TPSA) is 60.9 Å². The van der Waals surface area contributed by atoms with Crippen LogP contribution in [0.4, 0.5) is 0 Å². The van der Waals surface area contributed by atoms with Gasteiger partial charge in [0.2, 0.25) is 0 Å². The third-order valence-corrected chi connectivity index (χ3v) is 2.39. The number of rotatable bonds is 4. The molecule has 0 aliphatic rings. The van der Waals surface area contributed by atoms with Gasteiger partial charge in [-0.2, -0.15) is 4.98 Å². The summed E-state index contributed by atoms with van der Waals surface area (Å²) in [5, 5.41) is 0. The Bertz CT molecular complexity index is 382. The molecule has 2 N–H and O–H groups in total. The zero-order valence-electron chi connectivity index (χ0n) is 9.66. The van der Waals surface area contributed by atoms with Crippen LogP contribution in [-0.2, 0) is 6.54 Å². The summed E-state index contributed by atoms with van der Waals surface area (Å²) in [6, 6.07) is 2.12. The summed E-state index contributed by atoms with van der Waals surface area (Å²) in [4.78, 5) is 15.5. The monoisotopic (exact) mass is 209 g/mol. The van der Waals surface area contributed by atoms with Gasteiger partial charge in [0.15, 0.2) is 0 Å². The van der Waals surface area contributed by atoms with E-state index in [1.54, 1.807) is 4.57 Å². The summed E-state index contributed by atoms with van der Waals surface area (Å²) in [7, 11) is 0. The molecule has 0 saturated carbocycles. The maximum Gasteiger partial charge on any atom is 0.347 e. The maximum atomic E-state index is 11.6. The van der Waals surface area contributed by atoms with Crippen LogP contribution < -0.4 is 11.4 Å². The van der Waals surface area contributed by atoms with Gasteiger partial charge in [0.05, 0.1) is 0 Å². The van der Waals surface area contributed by atoms with Crippen molar-refractivity contribution in [3.05, 3.63) is 27.9 Å². The Morgan fingerprint density at radius 3 is 2.73 bits per heavy atom. The van der Waals surface area contributed by atoms with E-state index in [1.165, 1.54) is 0 Å². The van der Waals surface area contributed by atoms with E-state index in [4.69, 9.17) is 5.73 Å². The van der Waals surface area contributed by atoms with E-state index in [2.05, 4.69) is 4.98 Å². The molecule has 0 aliphatic heterocycles. The fourth-order valence-corrected chi connectivity index (χ4v) is 1.62. The number of hydrogen-bond acceptors (Lipinski definition) is 3. The van der Waals surface area contributed by atoms with Crippen molar-refractivity contribution in [3.8, 4) is 0 Å². The molecule has 0 aliphatic carbocycles. The molecule has 15 heavy (non-hydrogen) atoms. The molecule has 0 saturated heterocycles. The van der Waals surface area contributed by atoms with E-state index >= 15 is 0 Å². The van der Waals surface area contributed by atoms with Gasteiger partial charge in [0, 0.05) is 24.0 Å². The predicted molar refractivity (Wildman–Crippen MR) is 60.9 cm³/mol. The van der Waals surface area contributed by atoms with Crippen LogP contribution in [0.25, 0.3) is 0 Å². The van der Waals surface area contributed by atoms with Crippen molar-refractivity contribution in [3.63, 3.8) is 0 Å². The number of nitrogens with zero attached hydrogens (tertiary/aromatic N) is 2. The van der Waals surface area contributed by atoms with Gasteiger partial charge in [-0.05, 0) is 39.7 Å². The summed E-state index contributed by atoms with van der Waals surface area (Å²) < 4.78 is 1.70. The molecule has 4 nitrogen and oxygen atoms in total. The highest BCUT2D eigenvalue weighted by Gasteiger charge is 2.03. The zero-order chi connectivity index (χ0) is 11.4. The fraction of sp³-hybridized carbons (Fsp3) is 0.636. The SMILES string of the molecule is Cc1cc(C)n(CCCC(C)N)c(=O)n1. The van der Waals surface area contributed by atoms with Crippen molar-refractivity contribution in [1.82, 2.24) is 9.55 Å². The van der Waals surface area contributed by atoms with E-state index in [0.717, 1.165) is 24.2 Å². The van der Waals surface area contributed by atoms with E-state index in [-0.39, 0.29) is 11.7 Å². The Labute approximate surface area is 90.1 Å². The first-order chi connectivity index (χ1) is 7.00. The zero-order valence-corrected chi connectivity index (χ0v) is 9.66. The molecular formula is C11H19N3O. The molecule has 84 valence electrons. The first kappa shape index (κ1) is 11.9. The van der Waals surface area contributed by atoms with Crippen molar-refractivity contribution in [2.45, 2.75) is 46.2 Å². The molecule has 1 rings (SSSR count). The molecule has 0 aromatic carbocycles. The van der Waals surface area contributed by atoms with Gasteiger partial charge in [-0.15, -0.1) is 0 Å². The molecule has 0 spiro atoms. The second kappa shape index (κ2) is 5.07. The van der Waals surface area contributed by atoms with Crippen molar-refractivity contribution >= 4 is 0 Å². The Balaban J connectivity index is 2.73. The Morgan fingerprint density at radius 1 is 1.53 bits per heavy atom. The molecule has 0 amide bonds. The van der Waals surface area contributed by atoms with Crippen LogP contribution in [0.5, 0.6) is 0 Å². The molecule has 1 aromatic heterocycles. The van der Waals surface area contributed by atoms with Gasteiger partial charge in [0.1, 0.15) is 0 Å². The molecular weight excluding hydrogens is 190 g/mol. The summed E-state index contributed by atoms with van der Waals surface area (Å²) in [6.07, 6.45) is 1.85. The standard InChI is InChI=1S/C11H19N3O/c1-8(12)5-4-6-14-10(3)7-9(2)13-11(14)15/h7-8H,4-6,12H2,1-3H3. The van der Waals surface area contributed by atoms with Crippen molar-refractivity contribution in [2.75, 3.05) is 0 Å². The minimum Gasteiger partial charge on any atom is -0.328 e. The quantitative estimate of drug-likeness (QED) is 0.804. The summed E-state index contributed by atoms with van der Waals surface area (Å²) >= 11 is 0. The number of aromatic nitrogens is 2. The lowest BCUT2D eigenvalue weighted by Gasteiger charge is -2.10. The minimum atomic E-state index is -0.155. The van der Waals surface area contributed by atoms with Gasteiger partial charge in [-0.3, -0.25) is 4.57 Å². The lowest BCUT2D eigenvalue weighted by Crippen LogP contribution is -2.26. The molecule has 1 aromatic rings. The predicted octanol–water partition coefficient (Wildman–Crippen LogP) is 0.988. The van der Waals surface area contributed by atoms with E-state index in [1.807, 2.05) is 26.8 Å². The maximum absolute atomic E-state index is 11.6. The molecule has 4 heteroatoms. The molecule has 1 heterocycles. The van der Waals surface area contributed by atoms with Crippen LogP contribution in [0.1, 0.15) is 31.2 Å². The van der Waals surface area contributed by atoms with Gasteiger partial charge in [-0.1, -0.05) is 0 Å². The molecule has 1 atom stereocenters. The highest BCUT2D eigenvalue weighted by atomic mass is 16.1.